The van der Waals surface area contributed by atoms with Gasteiger partial charge in [0.1, 0.15) is 6.54 Å². The molecule has 0 radical (unpaired) electrons. The van der Waals surface area contributed by atoms with Gasteiger partial charge in [-0.3, -0.25) is 14.4 Å². The monoisotopic (exact) mass is 416 g/mol. The molecule has 0 spiro atoms. The van der Waals surface area contributed by atoms with Gasteiger partial charge in [-0.05, 0) is 38.1 Å². The molecule has 2 amide bonds. The molecule has 0 bridgehead atoms. The first-order chi connectivity index (χ1) is 14.8. The zero-order chi connectivity index (χ0) is 22.1. The van der Waals surface area contributed by atoms with Crippen LogP contribution in [0.1, 0.15) is 21.6 Å². The van der Waals surface area contributed by atoms with Crippen LogP contribution in [0.4, 0.5) is 5.69 Å². The van der Waals surface area contributed by atoms with Crippen LogP contribution in [-0.2, 0) is 11.3 Å². The zero-order valence-corrected chi connectivity index (χ0v) is 17.0. The number of nitrogens with two attached hydrogens (primary N) is 1. The van der Waals surface area contributed by atoms with E-state index in [0.717, 1.165) is 10.1 Å². The van der Waals surface area contributed by atoms with Gasteiger partial charge >= 0.3 is 0 Å². The number of carbonyl (C=O) groups is 2. The standard InChI is InChI=1S/C22H20N6O3/c1-13-3-9-17(10-4-13)24-18(29)12-27-14(2)11-19(30)28-22(27)25-21(26-28)16-7-5-15(6-8-16)20(23)31/h3-11H,12H2,1-2H3,(H2,23,31)(H,24,29). The van der Waals surface area contributed by atoms with Gasteiger partial charge in [-0.1, -0.05) is 29.8 Å². The van der Waals surface area contributed by atoms with Crippen molar-refractivity contribution in [1.29, 1.82) is 0 Å². The van der Waals surface area contributed by atoms with Crippen LogP contribution in [0.15, 0.2) is 59.4 Å². The van der Waals surface area contributed by atoms with E-state index in [-0.39, 0.29) is 23.8 Å². The van der Waals surface area contributed by atoms with Crippen molar-refractivity contribution in [2.24, 2.45) is 5.73 Å². The maximum atomic E-state index is 12.6. The number of amides is 2. The van der Waals surface area contributed by atoms with Crippen LogP contribution in [0.25, 0.3) is 17.2 Å². The summed E-state index contributed by atoms with van der Waals surface area (Å²) in [6.45, 7) is 3.66. The highest BCUT2D eigenvalue weighted by molar-refractivity contribution is 5.93. The Hall–Kier alpha value is -4.27. The number of nitrogens with zero attached hydrogens (tertiary/aromatic N) is 4. The Morgan fingerprint density at radius 3 is 2.35 bits per heavy atom. The largest absolute Gasteiger partial charge is 0.366 e. The number of aromatic nitrogens is 4. The summed E-state index contributed by atoms with van der Waals surface area (Å²) in [5.74, 6) is -0.248. The Bertz CT molecular complexity index is 1350. The SMILES string of the molecule is Cc1ccc(NC(=O)Cn2c(C)cc(=O)n3nc(-c4ccc(C(N)=O)cc4)nc23)cc1. The second kappa shape index (κ2) is 7.86. The maximum absolute atomic E-state index is 12.6. The van der Waals surface area contributed by atoms with E-state index in [1.54, 1.807) is 35.8 Å². The quantitative estimate of drug-likeness (QED) is 0.514. The van der Waals surface area contributed by atoms with Gasteiger partial charge in [0.15, 0.2) is 5.82 Å². The molecule has 0 aliphatic rings. The summed E-state index contributed by atoms with van der Waals surface area (Å²) in [4.78, 5) is 40.8. The number of nitrogens with one attached hydrogen (secondary N) is 1. The first-order valence-electron chi connectivity index (χ1n) is 9.56. The van der Waals surface area contributed by atoms with Crippen LogP contribution in [0.2, 0.25) is 0 Å². The first-order valence-corrected chi connectivity index (χ1v) is 9.56. The number of rotatable bonds is 5. The molecule has 0 aliphatic carbocycles. The molecule has 0 saturated heterocycles. The lowest BCUT2D eigenvalue weighted by Crippen LogP contribution is -2.25. The maximum Gasteiger partial charge on any atom is 0.275 e. The number of hydrogen-bond acceptors (Lipinski definition) is 5. The lowest BCUT2D eigenvalue weighted by molar-refractivity contribution is -0.116. The van der Waals surface area contributed by atoms with Crippen molar-refractivity contribution in [3.05, 3.63) is 81.8 Å². The molecule has 0 saturated carbocycles. The second-order valence-electron chi connectivity index (χ2n) is 7.21. The van der Waals surface area contributed by atoms with Crippen LogP contribution in [0.3, 0.4) is 0 Å². The molecule has 2 aromatic heterocycles. The summed E-state index contributed by atoms with van der Waals surface area (Å²) < 4.78 is 2.78. The highest BCUT2D eigenvalue weighted by Gasteiger charge is 2.16. The normalized spacial score (nSPS) is 10.9. The van der Waals surface area contributed by atoms with Gasteiger partial charge in [0.25, 0.3) is 5.56 Å². The molecule has 9 nitrogen and oxygen atoms in total. The van der Waals surface area contributed by atoms with Gasteiger partial charge in [0, 0.05) is 28.6 Å². The molecule has 4 rings (SSSR count). The number of aryl methyl sites for hydroxylation is 2. The third-order valence-electron chi connectivity index (χ3n) is 4.86. The molecule has 4 aromatic rings. The fourth-order valence-electron chi connectivity index (χ4n) is 3.18. The fraction of sp³-hybridized carbons (Fsp3) is 0.136. The van der Waals surface area contributed by atoms with Crippen LogP contribution >= 0.6 is 0 Å². The molecule has 0 unspecified atom stereocenters. The highest BCUT2D eigenvalue weighted by Crippen LogP contribution is 2.17. The molecule has 156 valence electrons. The van der Waals surface area contributed by atoms with Crippen molar-refractivity contribution in [2.45, 2.75) is 20.4 Å². The summed E-state index contributed by atoms with van der Waals surface area (Å²) in [5, 5.41) is 7.12. The lowest BCUT2D eigenvalue weighted by Gasteiger charge is -2.11. The van der Waals surface area contributed by atoms with Gasteiger partial charge in [-0.25, -0.2) is 0 Å². The van der Waals surface area contributed by atoms with E-state index >= 15 is 0 Å². The van der Waals surface area contributed by atoms with Gasteiger partial charge in [0.05, 0.1) is 0 Å². The van der Waals surface area contributed by atoms with Crippen molar-refractivity contribution in [1.82, 2.24) is 19.2 Å². The Labute approximate surface area is 177 Å². The van der Waals surface area contributed by atoms with Crippen LogP contribution in [0.5, 0.6) is 0 Å². The minimum atomic E-state index is -0.538. The summed E-state index contributed by atoms with van der Waals surface area (Å²) in [7, 11) is 0. The van der Waals surface area contributed by atoms with E-state index in [9.17, 15) is 14.4 Å². The summed E-state index contributed by atoms with van der Waals surface area (Å²) in [6, 6.07) is 15.3. The highest BCUT2D eigenvalue weighted by atomic mass is 16.2. The third kappa shape index (κ3) is 4.06. The Balaban J connectivity index is 1.68. The molecule has 0 fully saturated rings. The number of primary amides is 1. The Morgan fingerprint density at radius 1 is 1.03 bits per heavy atom. The molecule has 0 aliphatic heterocycles. The lowest BCUT2D eigenvalue weighted by atomic mass is 10.1. The van der Waals surface area contributed by atoms with Crippen molar-refractivity contribution >= 4 is 23.3 Å². The molecular weight excluding hydrogens is 396 g/mol. The van der Waals surface area contributed by atoms with Crippen LogP contribution in [-0.4, -0.2) is 31.0 Å². The van der Waals surface area contributed by atoms with Gasteiger partial charge in [-0.15, -0.1) is 5.10 Å². The predicted molar refractivity (Wildman–Crippen MR) is 116 cm³/mol. The van der Waals surface area contributed by atoms with Crippen LogP contribution in [0, 0.1) is 13.8 Å². The summed E-state index contributed by atoms with van der Waals surface area (Å²) >= 11 is 0. The van der Waals surface area contributed by atoms with Crippen molar-refractivity contribution in [2.75, 3.05) is 5.32 Å². The van der Waals surface area contributed by atoms with E-state index in [4.69, 9.17) is 5.73 Å². The molecule has 3 N–H and O–H groups in total. The smallest absolute Gasteiger partial charge is 0.275 e. The average molecular weight is 416 g/mol. The van der Waals surface area contributed by atoms with Crippen molar-refractivity contribution in [3.63, 3.8) is 0 Å². The van der Waals surface area contributed by atoms with Gasteiger partial charge < -0.3 is 15.6 Å². The van der Waals surface area contributed by atoms with Crippen molar-refractivity contribution < 1.29 is 9.59 Å². The zero-order valence-electron chi connectivity index (χ0n) is 17.0. The fourth-order valence-corrected chi connectivity index (χ4v) is 3.18. The number of anilines is 1. The third-order valence-corrected chi connectivity index (χ3v) is 4.86. The van der Waals surface area contributed by atoms with Gasteiger partial charge in [0.2, 0.25) is 17.6 Å². The Kier molecular flexibility index (Phi) is 5.08. The van der Waals surface area contributed by atoms with E-state index in [1.165, 1.54) is 6.07 Å². The number of hydrogen-bond donors (Lipinski definition) is 2. The molecule has 2 aromatic carbocycles. The number of fused-ring (bicyclic) bond motifs is 1. The molecular formula is C22H20N6O3. The van der Waals surface area contributed by atoms with E-state index < -0.39 is 5.91 Å². The first kappa shape index (κ1) is 20.0. The Morgan fingerprint density at radius 2 is 1.71 bits per heavy atom. The number of carbonyl (C=O) groups excluding carboxylic acids is 2. The summed E-state index contributed by atoms with van der Waals surface area (Å²) in [6.07, 6.45) is 0. The minimum Gasteiger partial charge on any atom is -0.366 e. The summed E-state index contributed by atoms with van der Waals surface area (Å²) in [5.41, 5.74) is 8.25. The molecule has 9 heteroatoms. The minimum absolute atomic E-state index is 0.0394. The number of benzene rings is 2. The van der Waals surface area contributed by atoms with E-state index in [1.807, 2.05) is 31.2 Å². The van der Waals surface area contributed by atoms with Crippen molar-refractivity contribution in [3.8, 4) is 11.4 Å². The predicted octanol–water partition coefficient (Wildman–Crippen LogP) is 1.91. The van der Waals surface area contributed by atoms with E-state index in [2.05, 4.69) is 15.4 Å². The topological polar surface area (TPSA) is 124 Å². The van der Waals surface area contributed by atoms with E-state index in [0.29, 0.717) is 28.3 Å². The average Bonchev–Trinajstić information content (AvgIpc) is 3.19. The molecule has 0 atom stereocenters. The molecule has 31 heavy (non-hydrogen) atoms. The molecule has 2 heterocycles. The second-order valence-corrected chi connectivity index (χ2v) is 7.21. The van der Waals surface area contributed by atoms with Crippen LogP contribution < -0.4 is 16.6 Å². The van der Waals surface area contributed by atoms with Gasteiger partial charge in [-0.2, -0.15) is 9.50 Å².